The summed E-state index contributed by atoms with van der Waals surface area (Å²) in [6.45, 7) is 3.34. The number of urea groups is 1. The van der Waals surface area contributed by atoms with Gasteiger partial charge >= 0.3 is 6.03 Å². The lowest BCUT2D eigenvalue weighted by molar-refractivity contribution is 0.191. The second-order valence-electron chi connectivity index (χ2n) is 7.83. The summed E-state index contributed by atoms with van der Waals surface area (Å²) in [6, 6.07) is 9.80. The molecule has 2 aromatic rings. The van der Waals surface area contributed by atoms with E-state index in [1.54, 1.807) is 14.2 Å². The first-order chi connectivity index (χ1) is 14.7. The number of anilines is 1. The van der Waals surface area contributed by atoms with Crippen LogP contribution in [0.25, 0.3) is 0 Å². The molecule has 1 N–H and O–H groups in total. The molecule has 1 atom stereocenters. The van der Waals surface area contributed by atoms with Gasteiger partial charge in [0.2, 0.25) is 0 Å². The summed E-state index contributed by atoms with van der Waals surface area (Å²) >= 11 is 0. The van der Waals surface area contributed by atoms with Gasteiger partial charge in [-0.25, -0.2) is 9.78 Å². The first kappa shape index (κ1) is 20.3. The van der Waals surface area contributed by atoms with Crippen molar-refractivity contribution in [1.29, 1.82) is 0 Å². The molecule has 0 aliphatic carbocycles. The highest BCUT2D eigenvalue weighted by molar-refractivity contribution is 5.75. The molecule has 0 bridgehead atoms. The average molecular weight is 411 g/mol. The van der Waals surface area contributed by atoms with Crippen LogP contribution in [0.2, 0.25) is 0 Å². The molecule has 1 aromatic carbocycles. The number of carbonyl (C=O) groups is 1. The maximum absolute atomic E-state index is 13.0. The van der Waals surface area contributed by atoms with Gasteiger partial charge in [-0.15, -0.1) is 0 Å². The third kappa shape index (κ3) is 4.30. The molecule has 7 heteroatoms. The molecule has 7 nitrogen and oxygen atoms in total. The molecule has 3 heterocycles. The van der Waals surface area contributed by atoms with Crippen LogP contribution in [0.3, 0.4) is 0 Å². The lowest BCUT2D eigenvalue weighted by Gasteiger charge is -2.27. The van der Waals surface area contributed by atoms with E-state index in [9.17, 15) is 4.79 Å². The van der Waals surface area contributed by atoms with E-state index in [0.29, 0.717) is 6.54 Å². The predicted molar refractivity (Wildman–Crippen MR) is 116 cm³/mol. The number of amides is 2. The van der Waals surface area contributed by atoms with Gasteiger partial charge in [-0.3, -0.25) is 0 Å². The van der Waals surface area contributed by atoms with Crippen molar-refractivity contribution in [3.05, 3.63) is 47.7 Å². The van der Waals surface area contributed by atoms with Gasteiger partial charge in [0.15, 0.2) is 0 Å². The van der Waals surface area contributed by atoms with Crippen molar-refractivity contribution in [2.45, 2.75) is 38.3 Å². The zero-order valence-electron chi connectivity index (χ0n) is 17.8. The van der Waals surface area contributed by atoms with Crippen LogP contribution in [0, 0.1) is 0 Å². The monoisotopic (exact) mass is 410 g/mol. The van der Waals surface area contributed by atoms with Crippen molar-refractivity contribution in [1.82, 2.24) is 15.2 Å². The first-order valence-electron chi connectivity index (χ1n) is 10.7. The summed E-state index contributed by atoms with van der Waals surface area (Å²) in [5.74, 6) is 2.50. The molecule has 30 heavy (non-hydrogen) atoms. The van der Waals surface area contributed by atoms with Crippen molar-refractivity contribution in [3.8, 4) is 11.5 Å². The van der Waals surface area contributed by atoms with Crippen LogP contribution in [0.5, 0.6) is 11.5 Å². The molecule has 2 saturated heterocycles. The van der Waals surface area contributed by atoms with Gasteiger partial charge in [-0.2, -0.15) is 0 Å². The number of hydrogen-bond donors (Lipinski definition) is 1. The summed E-state index contributed by atoms with van der Waals surface area (Å²) < 4.78 is 10.9. The third-order valence-corrected chi connectivity index (χ3v) is 6.00. The molecular weight excluding hydrogens is 380 g/mol. The third-order valence-electron chi connectivity index (χ3n) is 6.00. The van der Waals surface area contributed by atoms with Crippen molar-refractivity contribution in [3.63, 3.8) is 0 Å². The number of ether oxygens (including phenoxy) is 2. The Morgan fingerprint density at radius 2 is 1.93 bits per heavy atom. The second-order valence-corrected chi connectivity index (χ2v) is 7.83. The zero-order chi connectivity index (χ0) is 20.9. The summed E-state index contributed by atoms with van der Waals surface area (Å²) in [5.41, 5.74) is 2.09. The number of nitrogens with one attached hydrogen (secondary N) is 1. The highest BCUT2D eigenvalue weighted by atomic mass is 16.5. The fourth-order valence-electron chi connectivity index (χ4n) is 4.40. The average Bonchev–Trinajstić information content (AvgIpc) is 3.49. The smallest absolute Gasteiger partial charge is 0.318 e. The van der Waals surface area contributed by atoms with Gasteiger partial charge in [0.1, 0.15) is 17.3 Å². The van der Waals surface area contributed by atoms with Crippen molar-refractivity contribution < 1.29 is 14.3 Å². The van der Waals surface area contributed by atoms with Crippen LogP contribution in [-0.4, -0.2) is 49.8 Å². The van der Waals surface area contributed by atoms with Crippen LogP contribution in [0.4, 0.5) is 10.6 Å². The Morgan fingerprint density at radius 3 is 2.70 bits per heavy atom. The topological polar surface area (TPSA) is 66.9 Å². The van der Waals surface area contributed by atoms with Crippen molar-refractivity contribution in [2.75, 3.05) is 38.8 Å². The minimum Gasteiger partial charge on any atom is -0.497 e. The van der Waals surface area contributed by atoms with E-state index in [1.807, 2.05) is 35.4 Å². The van der Waals surface area contributed by atoms with Gasteiger partial charge in [0.25, 0.3) is 0 Å². The largest absolute Gasteiger partial charge is 0.497 e. The van der Waals surface area contributed by atoms with Gasteiger partial charge < -0.3 is 24.6 Å². The lowest BCUT2D eigenvalue weighted by atomic mass is 10.0. The predicted octanol–water partition coefficient (Wildman–Crippen LogP) is 3.75. The summed E-state index contributed by atoms with van der Waals surface area (Å²) in [4.78, 5) is 21.7. The molecule has 160 valence electrons. The fourth-order valence-corrected chi connectivity index (χ4v) is 4.40. The number of pyridine rings is 1. The Balaban J connectivity index is 1.43. The maximum atomic E-state index is 13.0. The first-order valence-corrected chi connectivity index (χ1v) is 10.7. The zero-order valence-corrected chi connectivity index (χ0v) is 17.8. The number of likely N-dealkylation sites (tertiary alicyclic amines) is 1. The van der Waals surface area contributed by atoms with E-state index in [0.717, 1.165) is 60.9 Å². The van der Waals surface area contributed by atoms with Crippen molar-refractivity contribution >= 4 is 11.8 Å². The molecule has 2 aliphatic heterocycles. The molecule has 2 aliphatic rings. The molecule has 4 rings (SSSR count). The van der Waals surface area contributed by atoms with Crippen molar-refractivity contribution in [2.24, 2.45) is 0 Å². The quantitative estimate of drug-likeness (QED) is 0.786. The molecular formula is C23H30N4O3. The molecule has 0 saturated carbocycles. The Hall–Kier alpha value is -2.96. The number of benzene rings is 1. The Morgan fingerprint density at radius 1 is 1.10 bits per heavy atom. The molecule has 1 unspecified atom stereocenters. The van der Waals surface area contributed by atoms with Crippen LogP contribution < -0.4 is 19.7 Å². The standard InChI is InChI=1S/C23H30N4O3/c1-29-18-7-8-19(21(15-18)30-2)20-6-5-13-27(20)23(28)25-16-17-9-10-24-22(14-17)26-11-3-4-12-26/h7-10,14-15,20H,3-6,11-13,16H2,1-2H3,(H,25,28). The fraction of sp³-hybridized carbons (Fsp3) is 0.478. The Kier molecular flexibility index (Phi) is 6.26. The second kappa shape index (κ2) is 9.24. The minimum atomic E-state index is -0.0464. The molecule has 1 aromatic heterocycles. The highest BCUT2D eigenvalue weighted by Crippen LogP contribution is 2.38. The van der Waals surface area contributed by atoms with Gasteiger partial charge in [0, 0.05) is 44.0 Å². The summed E-state index contributed by atoms with van der Waals surface area (Å²) in [7, 11) is 3.29. The molecule has 0 spiro atoms. The molecule has 2 fully saturated rings. The molecule has 0 radical (unpaired) electrons. The van der Waals surface area contributed by atoms with Crippen LogP contribution >= 0.6 is 0 Å². The Labute approximate surface area is 178 Å². The number of methoxy groups -OCH3 is 2. The van der Waals surface area contributed by atoms with E-state index in [1.165, 1.54) is 12.8 Å². The van der Waals surface area contributed by atoms with Gasteiger partial charge in [-0.05, 0) is 55.5 Å². The molecule has 2 amide bonds. The van der Waals surface area contributed by atoms with Crippen LogP contribution in [-0.2, 0) is 6.54 Å². The van der Waals surface area contributed by atoms with Crippen LogP contribution in [0.15, 0.2) is 36.5 Å². The van der Waals surface area contributed by atoms with E-state index in [4.69, 9.17) is 9.47 Å². The summed E-state index contributed by atoms with van der Waals surface area (Å²) in [5, 5.41) is 3.09. The normalized spacial score (nSPS) is 18.5. The lowest BCUT2D eigenvalue weighted by Crippen LogP contribution is -2.39. The van der Waals surface area contributed by atoms with Gasteiger partial charge in [0.05, 0.1) is 20.3 Å². The number of rotatable bonds is 6. The number of hydrogen-bond acceptors (Lipinski definition) is 5. The minimum absolute atomic E-state index is 0.00320. The number of carbonyl (C=O) groups excluding carboxylic acids is 1. The number of aromatic nitrogens is 1. The van der Waals surface area contributed by atoms with Crippen LogP contribution in [0.1, 0.15) is 42.9 Å². The van der Waals surface area contributed by atoms with E-state index in [2.05, 4.69) is 21.3 Å². The van der Waals surface area contributed by atoms with E-state index in [-0.39, 0.29) is 12.1 Å². The maximum Gasteiger partial charge on any atom is 0.318 e. The summed E-state index contributed by atoms with van der Waals surface area (Å²) in [6.07, 6.45) is 6.16. The van der Waals surface area contributed by atoms with Gasteiger partial charge in [-0.1, -0.05) is 0 Å². The Bertz CT molecular complexity index is 883. The SMILES string of the molecule is COc1ccc(C2CCCN2C(=O)NCc2ccnc(N3CCCC3)c2)c(OC)c1. The highest BCUT2D eigenvalue weighted by Gasteiger charge is 2.32. The van der Waals surface area contributed by atoms with E-state index < -0.39 is 0 Å². The number of nitrogens with zero attached hydrogens (tertiary/aromatic N) is 3. The van der Waals surface area contributed by atoms with E-state index >= 15 is 0 Å².